The second-order valence-corrected chi connectivity index (χ2v) is 3.96. The molecule has 0 aliphatic carbocycles. The van der Waals surface area contributed by atoms with Crippen molar-refractivity contribution in [3.05, 3.63) is 41.6 Å². The smallest absolute Gasteiger partial charge is 0.225 e. The molecule has 5 heteroatoms. The summed E-state index contributed by atoms with van der Waals surface area (Å²) in [5.41, 5.74) is 6.42. The fourth-order valence-electron chi connectivity index (χ4n) is 1.53. The maximum absolute atomic E-state index is 5.50. The van der Waals surface area contributed by atoms with Crippen molar-refractivity contribution in [2.45, 2.75) is 20.0 Å². The van der Waals surface area contributed by atoms with E-state index < -0.39 is 0 Å². The summed E-state index contributed by atoms with van der Waals surface area (Å²) < 4.78 is 5.50. The SMILES string of the molecule is Cc1ccc(CN(C)c2ncc(CN)cn2)o1. The number of anilines is 1. The predicted octanol–water partition coefficient (Wildman–Crippen LogP) is 1.47. The number of aromatic nitrogens is 2. The van der Waals surface area contributed by atoms with E-state index in [0.29, 0.717) is 19.0 Å². The first-order chi connectivity index (χ1) is 8.19. The van der Waals surface area contributed by atoms with Crippen molar-refractivity contribution < 1.29 is 4.42 Å². The van der Waals surface area contributed by atoms with Crippen molar-refractivity contribution in [2.24, 2.45) is 5.73 Å². The lowest BCUT2D eigenvalue weighted by Crippen LogP contribution is -2.18. The first-order valence-corrected chi connectivity index (χ1v) is 5.46. The van der Waals surface area contributed by atoms with Crippen LogP contribution in [0.4, 0.5) is 5.95 Å². The Morgan fingerprint density at radius 2 is 2.00 bits per heavy atom. The molecule has 0 bridgehead atoms. The van der Waals surface area contributed by atoms with Gasteiger partial charge in [0.2, 0.25) is 5.95 Å². The minimum absolute atomic E-state index is 0.460. The highest BCUT2D eigenvalue weighted by atomic mass is 16.3. The number of nitrogens with two attached hydrogens (primary N) is 1. The zero-order valence-corrected chi connectivity index (χ0v) is 10.1. The number of hydrogen-bond donors (Lipinski definition) is 1. The van der Waals surface area contributed by atoms with Gasteiger partial charge in [-0.05, 0) is 19.1 Å². The van der Waals surface area contributed by atoms with E-state index in [1.165, 1.54) is 0 Å². The van der Waals surface area contributed by atoms with Crippen LogP contribution in [0.15, 0.2) is 28.9 Å². The molecule has 0 unspecified atom stereocenters. The fourth-order valence-corrected chi connectivity index (χ4v) is 1.53. The van der Waals surface area contributed by atoms with Crippen LogP contribution in [0, 0.1) is 6.92 Å². The monoisotopic (exact) mass is 232 g/mol. The van der Waals surface area contributed by atoms with Gasteiger partial charge in [-0.25, -0.2) is 9.97 Å². The third-order valence-electron chi connectivity index (χ3n) is 2.46. The summed E-state index contributed by atoms with van der Waals surface area (Å²) in [5, 5.41) is 0. The highest BCUT2D eigenvalue weighted by Crippen LogP contribution is 2.12. The Hall–Kier alpha value is -1.88. The molecule has 0 saturated carbocycles. The molecule has 0 fully saturated rings. The Bertz CT molecular complexity index is 478. The van der Waals surface area contributed by atoms with E-state index in [0.717, 1.165) is 17.1 Å². The molecule has 2 aromatic heterocycles. The zero-order valence-electron chi connectivity index (χ0n) is 10.1. The maximum atomic E-state index is 5.50. The van der Waals surface area contributed by atoms with Gasteiger partial charge in [0, 0.05) is 31.5 Å². The molecular weight excluding hydrogens is 216 g/mol. The van der Waals surface area contributed by atoms with Gasteiger partial charge >= 0.3 is 0 Å². The van der Waals surface area contributed by atoms with E-state index in [4.69, 9.17) is 10.2 Å². The molecule has 90 valence electrons. The number of hydrogen-bond acceptors (Lipinski definition) is 5. The van der Waals surface area contributed by atoms with Crippen LogP contribution >= 0.6 is 0 Å². The molecular formula is C12H16N4O. The Morgan fingerprint density at radius 3 is 2.53 bits per heavy atom. The largest absolute Gasteiger partial charge is 0.464 e. The van der Waals surface area contributed by atoms with Crippen LogP contribution < -0.4 is 10.6 Å². The summed E-state index contributed by atoms with van der Waals surface area (Å²) in [6.07, 6.45) is 3.48. The normalized spacial score (nSPS) is 10.5. The van der Waals surface area contributed by atoms with E-state index in [9.17, 15) is 0 Å². The molecule has 17 heavy (non-hydrogen) atoms. The number of aryl methyl sites for hydroxylation is 1. The summed E-state index contributed by atoms with van der Waals surface area (Å²) in [7, 11) is 1.93. The van der Waals surface area contributed by atoms with E-state index in [-0.39, 0.29) is 0 Å². The van der Waals surface area contributed by atoms with Crippen molar-refractivity contribution in [2.75, 3.05) is 11.9 Å². The number of nitrogens with zero attached hydrogens (tertiary/aromatic N) is 3. The third-order valence-corrected chi connectivity index (χ3v) is 2.46. The molecule has 2 rings (SSSR count). The predicted molar refractivity (Wildman–Crippen MR) is 65.5 cm³/mol. The van der Waals surface area contributed by atoms with Crippen LogP contribution in [0.25, 0.3) is 0 Å². The van der Waals surface area contributed by atoms with E-state index >= 15 is 0 Å². The summed E-state index contributed by atoms with van der Waals surface area (Å²) in [6, 6.07) is 3.90. The van der Waals surface area contributed by atoms with Crippen LogP contribution in [0.5, 0.6) is 0 Å². The van der Waals surface area contributed by atoms with Crippen molar-refractivity contribution in [3.8, 4) is 0 Å². The van der Waals surface area contributed by atoms with Gasteiger partial charge in [-0.2, -0.15) is 0 Å². The molecule has 0 spiro atoms. The van der Waals surface area contributed by atoms with Crippen LogP contribution in [-0.4, -0.2) is 17.0 Å². The molecule has 0 radical (unpaired) electrons. The lowest BCUT2D eigenvalue weighted by Gasteiger charge is -2.15. The average molecular weight is 232 g/mol. The molecule has 2 aromatic rings. The van der Waals surface area contributed by atoms with Crippen molar-refractivity contribution in [1.82, 2.24) is 9.97 Å². The number of rotatable bonds is 4. The van der Waals surface area contributed by atoms with Gasteiger partial charge in [0.05, 0.1) is 6.54 Å². The Kier molecular flexibility index (Phi) is 3.39. The van der Waals surface area contributed by atoms with E-state index in [1.54, 1.807) is 12.4 Å². The lowest BCUT2D eigenvalue weighted by molar-refractivity contribution is 0.480. The molecule has 0 aromatic carbocycles. The summed E-state index contributed by atoms with van der Waals surface area (Å²) in [6.45, 7) is 3.03. The Morgan fingerprint density at radius 1 is 1.29 bits per heavy atom. The van der Waals surface area contributed by atoms with Gasteiger partial charge in [0.15, 0.2) is 0 Å². The Balaban J connectivity index is 2.06. The summed E-state index contributed by atoms with van der Waals surface area (Å²) in [5.74, 6) is 2.47. The third kappa shape index (κ3) is 2.82. The van der Waals surface area contributed by atoms with Crippen LogP contribution in [0.3, 0.4) is 0 Å². The molecule has 2 N–H and O–H groups in total. The maximum Gasteiger partial charge on any atom is 0.225 e. The first-order valence-electron chi connectivity index (χ1n) is 5.46. The van der Waals surface area contributed by atoms with Gasteiger partial charge in [-0.15, -0.1) is 0 Å². The fraction of sp³-hybridized carbons (Fsp3) is 0.333. The van der Waals surface area contributed by atoms with E-state index in [2.05, 4.69) is 9.97 Å². The van der Waals surface area contributed by atoms with Gasteiger partial charge in [0.1, 0.15) is 11.5 Å². The second kappa shape index (κ2) is 4.97. The molecule has 2 heterocycles. The molecule has 0 atom stereocenters. The molecule has 0 aliphatic rings. The molecule has 0 amide bonds. The highest BCUT2D eigenvalue weighted by molar-refractivity contribution is 5.29. The van der Waals surface area contributed by atoms with Gasteiger partial charge in [-0.1, -0.05) is 0 Å². The van der Waals surface area contributed by atoms with Crippen molar-refractivity contribution in [3.63, 3.8) is 0 Å². The van der Waals surface area contributed by atoms with Crippen LogP contribution in [-0.2, 0) is 13.1 Å². The highest BCUT2D eigenvalue weighted by Gasteiger charge is 2.07. The van der Waals surface area contributed by atoms with Gasteiger partial charge in [0.25, 0.3) is 0 Å². The minimum Gasteiger partial charge on any atom is -0.464 e. The quantitative estimate of drug-likeness (QED) is 0.864. The second-order valence-electron chi connectivity index (χ2n) is 3.96. The first kappa shape index (κ1) is 11.6. The zero-order chi connectivity index (χ0) is 12.3. The molecule has 5 nitrogen and oxygen atoms in total. The number of furan rings is 1. The minimum atomic E-state index is 0.460. The van der Waals surface area contributed by atoms with Gasteiger partial charge in [-0.3, -0.25) is 0 Å². The Labute approximate surface area is 100 Å². The summed E-state index contributed by atoms with van der Waals surface area (Å²) >= 11 is 0. The molecule has 0 aliphatic heterocycles. The topological polar surface area (TPSA) is 68.2 Å². The van der Waals surface area contributed by atoms with Crippen LogP contribution in [0.2, 0.25) is 0 Å². The van der Waals surface area contributed by atoms with Crippen molar-refractivity contribution in [1.29, 1.82) is 0 Å². The lowest BCUT2D eigenvalue weighted by atomic mass is 10.3. The van der Waals surface area contributed by atoms with E-state index in [1.807, 2.05) is 31.0 Å². The average Bonchev–Trinajstić information content (AvgIpc) is 2.75. The summed E-state index contributed by atoms with van der Waals surface area (Å²) in [4.78, 5) is 10.4. The van der Waals surface area contributed by atoms with Gasteiger partial charge < -0.3 is 15.1 Å². The van der Waals surface area contributed by atoms with Crippen LogP contribution in [0.1, 0.15) is 17.1 Å². The standard InChI is InChI=1S/C12H16N4O/c1-9-3-4-11(17-9)8-16(2)12-14-6-10(5-13)7-15-12/h3-4,6-7H,5,8,13H2,1-2H3. The molecule has 0 saturated heterocycles. The van der Waals surface area contributed by atoms with Crippen molar-refractivity contribution >= 4 is 5.95 Å².